The number of guanidine groups is 1. The van der Waals surface area contributed by atoms with Gasteiger partial charge >= 0.3 is 0 Å². The van der Waals surface area contributed by atoms with Gasteiger partial charge in [-0.3, -0.25) is 4.99 Å². The summed E-state index contributed by atoms with van der Waals surface area (Å²) >= 11 is 3.52. The van der Waals surface area contributed by atoms with Gasteiger partial charge in [0.2, 0.25) is 0 Å². The van der Waals surface area contributed by atoms with Gasteiger partial charge in [0.15, 0.2) is 5.96 Å². The summed E-state index contributed by atoms with van der Waals surface area (Å²) in [4.78, 5) is 6.50. The van der Waals surface area contributed by atoms with Crippen LogP contribution in [0.2, 0.25) is 0 Å². The number of nitrogens with zero attached hydrogens (tertiary/aromatic N) is 3. The number of benzene rings is 1. The van der Waals surface area contributed by atoms with E-state index in [-0.39, 0.29) is 0 Å². The molecule has 0 saturated carbocycles. The molecule has 27 heavy (non-hydrogen) atoms. The Bertz CT molecular complexity index is 745. The van der Waals surface area contributed by atoms with E-state index in [4.69, 9.17) is 9.47 Å². The first-order valence-corrected chi connectivity index (χ1v) is 9.76. The predicted molar refractivity (Wildman–Crippen MR) is 113 cm³/mol. The molecular formula is C20H29BrN4O2. The average Bonchev–Trinajstić information content (AvgIpc) is 2.96. The molecule has 1 aromatic heterocycles. The summed E-state index contributed by atoms with van der Waals surface area (Å²) in [5, 5.41) is 3.42. The van der Waals surface area contributed by atoms with Crippen molar-refractivity contribution in [2.75, 3.05) is 34.4 Å². The smallest absolute Gasteiger partial charge is 0.194 e. The summed E-state index contributed by atoms with van der Waals surface area (Å²) in [6.45, 7) is 2.82. The first kappa shape index (κ1) is 21.3. The molecular weight excluding hydrogens is 408 g/mol. The normalized spacial score (nSPS) is 11.5. The lowest BCUT2D eigenvalue weighted by molar-refractivity contribution is 0.172. The van der Waals surface area contributed by atoms with Gasteiger partial charge in [0.05, 0.1) is 13.2 Å². The molecule has 1 heterocycles. The zero-order valence-electron chi connectivity index (χ0n) is 16.5. The number of hydrogen-bond donors (Lipinski definition) is 1. The van der Waals surface area contributed by atoms with E-state index in [1.165, 1.54) is 5.69 Å². The highest BCUT2D eigenvalue weighted by molar-refractivity contribution is 9.10. The van der Waals surface area contributed by atoms with Gasteiger partial charge < -0.3 is 24.3 Å². The van der Waals surface area contributed by atoms with Crippen LogP contribution in [0, 0.1) is 0 Å². The number of aliphatic imine (C=N–C) groups is 1. The third kappa shape index (κ3) is 6.92. The highest BCUT2D eigenvalue weighted by Crippen LogP contribution is 2.16. The molecule has 0 unspecified atom stereocenters. The predicted octanol–water partition coefficient (Wildman–Crippen LogP) is 3.41. The minimum atomic E-state index is 0.654. The first-order chi connectivity index (χ1) is 13.0. The van der Waals surface area contributed by atoms with Crippen molar-refractivity contribution in [2.24, 2.45) is 12.0 Å². The second kappa shape index (κ2) is 11.0. The number of halogens is 1. The summed E-state index contributed by atoms with van der Waals surface area (Å²) in [7, 11) is 7.58. The fourth-order valence-electron chi connectivity index (χ4n) is 2.75. The Morgan fingerprint density at radius 3 is 2.78 bits per heavy atom. The van der Waals surface area contributed by atoms with Crippen LogP contribution in [-0.2, 0) is 24.9 Å². The lowest BCUT2D eigenvalue weighted by atomic mass is 10.2. The van der Waals surface area contributed by atoms with Crippen LogP contribution in [0.3, 0.4) is 0 Å². The van der Waals surface area contributed by atoms with Gasteiger partial charge in [0.1, 0.15) is 5.75 Å². The van der Waals surface area contributed by atoms with E-state index in [9.17, 15) is 0 Å². The zero-order chi connectivity index (χ0) is 19.6. The van der Waals surface area contributed by atoms with Crippen molar-refractivity contribution in [1.29, 1.82) is 0 Å². The van der Waals surface area contributed by atoms with E-state index in [1.54, 1.807) is 14.2 Å². The van der Waals surface area contributed by atoms with Gasteiger partial charge in [-0.1, -0.05) is 12.1 Å². The fourth-order valence-corrected chi connectivity index (χ4v) is 3.32. The van der Waals surface area contributed by atoms with Gasteiger partial charge in [0, 0.05) is 64.2 Å². The van der Waals surface area contributed by atoms with E-state index in [1.807, 2.05) is 26.2 Å². The third-order valence-corrected chi connectivity index (χ3v) is 4.59. The molecule has 2 aromatic rings. The van der Waals surface area contributed by atoms with E-state index < -0.39 is 0 Å². The summed E-state index contributed by atoms with van der Waals surface area (Å²) < 4.78 is 14.0. The molecule has 0 amide bonds. The topological polar surface area (TPSA) is 51.0 Å². The molecule has 0 radical (unpaired) electrons. The summed E-state index contributed by atoms with van der Waals surface area (Å²) in [6.07, 6.45) is 2.93. The van der Waals surface area contributed by atoms with Gasteiger partial charge in [-0.25, -0.2) is 0 Å². The average molecular weight is 437 g/mol. The molecule has 0 spiro atoms. The van der Waals surface area contributed by atoms with Gasteiger partial charge in [-0.15, -0.1) is 0 Å². The molecule has 6 nitrogen and oxygen atoms in total. The van der Waals surface area contributed by atoms with Crippen molar-refractivity contribution in [3.05, 3.63) is 52.3 Å². The molecule has 148 valence electrons. The zero-order valence-corrected chi connectivity index (χ0v) is 18.1. The second-order valence-corrected chi connectivity index (χ2v) is 7.28. The minimum Gasteiger partial charge on any atom is -0.493 e. The first-order valence-electron chi connectivity index (χ1n) is 8.96. The SMILES string of the molecule is CN=C(NCc1cccc(OCCCOC)c1)N(C)Cc1cc(Br)cn1C. The molecule has 0 bridgehead atoms. The molecule has 7 heteroatoms. The molecule has 0 atom stereocenters. The van der Waals surface area contributed by atoms with Gasteiger partial charge in [-0.2, -0.15) is 0 Å². The Hall–Kier alpha value is -1.99. The molecule has 1 N–H and O–H groups in total. The Labute approximate surface area is 170 Å². The van der Waals surface area contributed by atoms with Crippen LogP contribution >= 0.6 is 15.9 Å². The fraction of sp³-hybridized carbons (Fsp3) is 0.450. The molecule has 0 aliphatic rings. The number of methoxy groups -OCH3 is 1. The van der Waals surface area contributed by atoms with E-state index in [2.05, 4.69) is 60.1 Å². The quantitative estimate of drug-likeness (QED) is 0.371. The van der Waals surface area contributed by atoms with Crippen molar-refractivity contribution >= 4 is 21.9 Å². The number of ether oxygens (including phenoxy) is 2. The van der Waals surface area contributed by atoms with Crippen LogP contribution in [0.5, 0.6) is 5.75 Å². The Kier molecular flexibility index (Phi) is 8.67. The molecule has 0 aliphatic carbocycles. The number of hydrogen-bond acceptors (Lipinski definition) is 3. The molecule has 1 aromatic carbocycles. The highest BCUT2D eigenvalue weighted by Gasteiger charge is 2.10. The van der Waals surface area contributed by atoms with Gasteiger partial charge in [0.25, 0.3) is 0 Å². The van der Waals surface area contributed by atoms with E-state index in [0.29, 0.717) is 19.8 Å². The molecule has 0 fully saturated rings. The summed E-state index contributed by atoms with van der Waals surface area (Å²) in [6, 6.07) is 10.2. The van der Waals surface area contributed by atoms with Crippen molar-refractivity contribution in [3.8, 4) is 5.75 Å². The number of aryl methyl sites for hydroxylation is 1. The Morgan fingerprint density at radius 1 is 1.30 bits per heavy atom. The minimum absolute atomic E-state index is 0.654. The Balaban J connectivity index is 1.88. The number of aromatic nitrogens is 1. The van der Waals surface area contributed by atoms with E-state index >= 15 is 0 Å². The monoisotopic (exact) mass is 436 g/mol. The molecule has 0 aliphatic heterocycles. The molecule has 0 saturated heterocycles. The van der Waals surface area contributed by atoms with Crippen LogP contribution in [-0.4, -0.2) is 49.8 Å². The van der Waals surface area contributed by atoms with Crippen LogP contribution in [0.4, 0.5) is 0 Å². The van der Waals surface area contributed by atoms with Crippen LogP contribution < -0.4 is 10.1 Å². The molecule has 2 rings (SSSR count). The largest absolute Gasteiger partial charge is 0.493 e. The second-order valence-electron chi connectivity index (χ2n) is 6.36. The van der Waals surface area contributed by atoms with Crippen molar-refractivity contribution in [3.63, 3.8) is 0 Å². The van der Waals surface area contributed by atoms with Crippen molar-refractivity contribution in [2.45, 2.75) is 19.5 Å². The standard InChI is InChI=1S/C20H29BrN4O2/c1-22-20(25(3)15-18-12-17(21)14-24(18)2)23-13-16-7-5-8-19(11-16)27-10-6-9-26-4/h5,7-8,11-12,14H,6,9-10,13,15H2,1-4H3,(H,22,23). The van der Waals surface area contributed by atoms with Crippen molar-refractivity contribution < 1.29 is 9.47 Å². The number of nitrogens with one attached hydrogen (secondary N) is 1. The third-order valence-electron chi connectivity index (χ3n) is 4.16. The van der Waals surface area contributed by atoms with Gasteiger partial charge in [-0.05, 0) is 39.7 Å². The lowest BCUT2D eigenvalue weighted by Gasteiger charge is -2.22. The maximum absolute atomic E-state index is 5.77. The summed E-state index contributed by atoms with van der Waals surface area (Å²) in [5.41, 5.74) is 2.36. The Morgan fingerprint density at radius 2 is 2.11 bits per heavy atom. The summed E-state index contributed by atoms with van der Waals surface area (Å²) in [5.74, 6) is 1.72. The lowest BCUT2D eigenvalue weighted by Crippen LogP contribution is -2.38. The van der Waals surface area contributed by atoms with Crippen LogP contribution in [0.25, 0.3) is 0 Å². The highest BCUT2D eigenvalue weighted by atomic mass is 79.9. The van der Waals surface area contributed by atoms with Crippen LogP contribution in [0.1, 0.15) is 17.7 Å². The van der Waals surface area contributed by atoms with Crippen molar-refractivity contribution in [1.82, 2.24) is 14.8 Å². The van der Waals surface area contributed by atoms with E-state index in [0.717, 1.165) is 34.7 Å². The number of rotatable bonds is 9. The van der Waals surface area contributed by atoms with Crippen LogP contribution in [0.15, 0.2) is 46.0 Å². The maximum atomic E-state index is 5.77. The maximum Gasteiger partial charge on any atom is 0.194 e.